The molecule has 7 nitrogen and oxygen atoms in total. The van der Waals surface area contributed by atoms with E-state index in [2.05, 4.69) is 20.0 Å². The van der Waals surface area contributed by atoms with E-state index in [1.54, 1.807) is 25.3 Å². The highest BCUT2D eigenvalue weighted by molar-refractivity contribution is 7.89. The summed E-state index contributed by atoms with van der Waals surface area (Å²) in [5.41, 5.74) is 3.09. The molecule has 1 amide bonds. The van der Waals surface area contributed by atoms with E-state index in [-0.39, 0.29) is 23.8 Å². The molecule has 9 heteroatoms. The summed E-state index contributed by atoms with van der Waals surface area (Å²) in [6.45, 7) is 5.43. The summed E-state index contributed by atoms with van der Waals surface area (Å²) in [6, 6.07) is 10.9. The maximum atomic E-state index is 12.5. The molecule has 0 atom stereocenters. The minimum absolute atomic E-state index is 0.000988. The normalized spacial score (nSPS) is 11.4. The van der Waals surface area contributed by atoms with Gasteiger partial charge in [-0.25, -0.2) is 18.1 Å². The number of thiazole rings is 1. The molecule has 0 aliphatic carbocycles. The molecule has 2 heterocycles. The number of rotatable bonds is 7. The number of pyridine rings is 1. The average Bonchev–Trinajstić information content (AvgIpc) is 3.04. The molecule has 0 bridgehead atoms. The zero-order chi connectivity index (χ0) is 21.0. The smallest absolute Gasteiger partial charge is 0.240 e. The number of hydrogen-bond donors (Lipinski definition) is 2. The van der Waals surface area contributed by atoms with Crippen molar-refractivity contribution in [3.05, 3.63) is 59.4 Å². The summed E-state index contributed by atoms with van der Waals surface area (Å²) < 4.78 is 27.5. The lowest BCUT2D eigenvalue weighted by atomic mass is 10.2. The van der Waals surface area contributed by atoms with Gasteiger partial charge in [-0.2, -0.15) is 0 Å². The van der Waals surface area contributed by atoms with Gasteiger partial charge in [0.15, 0.2) is 5.13 Å². The second kappa shape index (κ2) is 8.81. The lowest BCUT2D eigenvalue weighted by molar-refractivity contribution is -0.116. The van der Waals surface area contributed by atoms with Gasteiger partial charge < -0.3 is 5.32 Å². The van der Waals surface area contributed by atoms with Crippen molar-refractivity contribution in [2.45, 2.75) is 32.1 Å². The average molecular weight is 431 g/mol. The first-order chi connectivity index (χ1) is 13.8. The van der Waals surface area contributed by atoms with E-state index < -0.39 is 10.0 Å². The zero-order valence-electron chi connectivity index (χ0n) is 16.4. The lowest BCUT2D eigenvalue weighted by Gasteiger charge is -2.10. The minimum Gasteiger partial charge on any atom is -0.302 e. The number of carbonyl (C=O) groups is 1. The first kappa shape index (κ1) is 21.1. The summed E-state index contributed by atoms with van der Waals surface area (Å²) in [6.07, 6.45) is 1.70. The van der Waals surface area contributed by atoms with Gasteiger partial charge in [0.2, 0.25) is 15.9 Å². The monoisotopic (exact) mass is 430 g/mol. The van der Waals surface area contributed by atoms with Crippen molar-refractivity contribution in [2.24, 2.45) is 0 Å². The van der Waals surface area contributed by atoms with Crippen LogP contribution in [0.4, 0.5) is 5.13 Å². The third-order valence-electron chi connectivity index (χ3n) is 4.22. The van der Waals surface area contributed by atoms with Crippen LogP contribution in [0.3, 0.4) is 0 Å². The molecule has 0 saturated carbocycles. The Labute approximate surface area is 174 Å². The van der Waals surface area contributed by atoms with E-state index in [1.807, 2.05) is 38.1 Å². The number of hydrogen-bond acceptors (Lipinski definition) is 6. The number of benzene rings is 1. The number of sulfonamides is 1. The number of aromatic nitrogens is 2. The number of aryl methyl sites for hydroxylation is 3. The Morgan fingerprint density at radius 2 is 1.93 bits per heavy atom. The molecule has 0 aliphatic rings. The molecule has 0 radical (unpaired) electrons. The van der Waals surface area contributed by atoms with E-state index in [0.717, 1.165) is 21.8 Å². The van der Waals surface area contributed by atoms with E-state index in [9.17, 15) is 13.2 Å². The second-order valence-corrected chi connectivity index (χ2v) is 9.35. The maximum Gasteiger partial charge on any atom is 0.240 e. The van der Waals surface area contributed by atoms with Crippen LogP contribution in [0.2, 0.25) is 0 Å². The molecule has 2 N–H and O–H groups in total. The molecule has 2 aromatic heterocycles. The molecular weight excluding hydrogens is 408 g/mol. The minimum atomic E-state index is -3.67. The fourth-order valence-electron chi connectivity index (χ4n) is 2.74. The van der Waals surface area contributed by atoms with Crippen LogP contribution in [0.15, 0.2) is 47.5 Å². The summed E-state index contributed by atoms with van der Waals surface area (Å²) in [7, 11) is -3.67. The van der Waals surface area contributed by atoms with Crippen molar-refractivity contribution >= 4 is 32.4 Å². The first-order valence-electron chi connectivity index (χ1n) is 9.02. The Morgan fingerprint density at radius 1 is 1.14 bits per heavy atom. The summed E-state index contributed by atoms with van der Waals surface area (Å²) in [5.74, 6) is -0.310. The highest BCUT2D eigenvalue weighted by Gasteiger charge is 2.18. The van der Waals surface area contributed by atoms with E-state index in [1.165, 1.54) is 11.3 Å². The number of nitrogens with one attached hydrogen (secondary N) is 2. The Hall–Kier alpha value is -2.62. The van der Waals surface area contributed by atoms with Crippen LogP contribution >= 0.6 is 11.3 Å². The fourth-order valence-corrected chi connectivity index (χ4v) is 5.06. The summed E-state index contributed by atoms with van der Waals surface area (Å²) in [5, 5.41) is 3.19. The summed E-state index contributed by atoms with van der Waals surface area (Å²) >= 11 is 1.34. The van der Waals surface area contributed by atoms with Crippen molar-refractivity contribution < 1.29 is 13.2 Å². The number of amides is 1. The third kappa shape index (κ3) is 5.26. The molecule has 29 heavy (non-hydrogen) atoms. The second-order valence-electron chi connectivity index (χ2n) is 6.61. The van der Waals surface area contributed by atoms with Crippen LogP contribution in [-0.4, -0.2) is 30.8 Å². The Morgan fingerprint density at radius 3 is 2.66 bits per heavy atom. The summed E-state index contributed by atoms with van der Waals surface area (Å²) in [4.78, 5) is 22.0. The standard InChI is InChI=1S/C20H22N4O3S2/c1-13-7-8-14(2)17(12-13)29(26,27)22-11-9-18(25)24-20-23-15(3)19(28-20)16-6-4-5-10-21-16/h4-8,10,12,22H,9,11H2,1-3H3,(H,23,24,25). The van der Waals surface area contributed by atoms with Crippen LogP contribution in [0.25, 0.3) is 10.6 Å². The van der Waals surface area contributed by atoms with Gasteiger partial charge in [-0.05, 0) is 50.1 Å². The lowest BCUT2D eigenvalue weighted by Crippen LogP contribution is -2.28. The molecule has 0 spiro atoms. The van der Waals surface area contributed by atoms with Crippen molar-refractivity contribution in [3.8, 4) is 10.6 Å². The van der Waals surface area contributed by atoms with E-state index in [0.29, 0.717) is 10.7 Å². The van der Waals surface area contributed by atoms with Crippen molar-refractivity contribution in [1.82, 2.24) is 14.7 Å². The van der Waals surface area contributed by atoms with Crippen LogP contribution in [0.5, 0.6) is 0 Å². The topological polar surface area (TPSA) is 101 Å². The Kier molecular flexibility index (Phi) is 6.41. The highest BCUT2D eigenvalue weighted by atomic mass is 32.2. The van der Waals surface area contributed by atoms with E-state index >= 15 is 0 Å². The van der Waals surface area contributed by atoms with Gasteiger partial charge in [0.05, 0.1) is 21.2 Å². The molecule has 1 aromatic carbocycles. The molecule has 0 fully saturated rings. The quantitative estimate of drug-likeness (QED) is 0.598. The van der Waals surface area contributed by atoms with Gasteiger partial charge in [0.1, 0.15) is 0 Å². The van der Waals surface area contributed by atoms with Crippen molar-refractivity contribution in [1.29, 1.82) is 0 Å². The first-order valence-corrected chi connectivity index (χ1v) is 11.3. The predicted octanol–water partition coefficient (Wildman–Crippen LogP) is 3.44. The molecule has 0 aliphatic heterocycles. The van der Waals surface area contributed by atoms with Crippen molar-refractivity contribution in [2.75, 3.05) is 11.9 Å². The van der Waals surface area contributed by atoms with Gasteiger partial charge in [-0.15, -0.1) is 0 Å². The fraction of sp³-hybridized carbons (Fsp3) is 0.250. The van der Waals surface area contributed by atoms with Gasteiger partial charge >= 0.3 is 0 Å². The molecule has 3 rings (SSSR count). The van der Waals surface area contributed by atoms with Gasteiger partial charge in [0, 0.05) is 19.2 Å². The van der Waals surface area contributed by atoms with Crippen LogP contribution in [0, 0.1) is 20.8 Å². The van der Waals surface area contributed by atoms with E-state index in [4.69, 9.17) is 0 Å². The Balaban J connectivity index is 1.59. The predicted molar refractivity (Wildman–Crippen MR) is 114 cm³/mol. The van der Waals surface area contributed by atoms with Crippen LogP contribution in [0.1, 0.15) is 23.2 Å². The third-order valence-corrected chi connectivity index (χ3v) is 6.92. The largest absolute Gasteiger partial charge is 0.302 e. The number of anilines is 1. The number of nitrogens with zero attached hydrogens (tertiary/aromatic N) is 2. The van der Waals surface area contributed by atoms with Crippen LogP contribution in [-0.2, 0) is 14.8 Å². The molecule has 3 aromatic rings. The maximum absolute atomic E-state index is 12.5. The number of carbonyl (C=O) groups excluding carboxylic acids is 1. The SMILES string of the molecule is Cc1ccc(C)c(S(=O)(=O)NCCC(=O)Nc2nc(C)c(-c3ccccn3)s2)c1. The van der Waals surface area contributed by atoms with Gasteiger partial charge in [-0.3, -0.25) is 9.78 Å². The molecule has 0 saturated heterocycles. The Bertz CT molecular complexity index is 1130. The van der Waals surface area contributed by atoms with Crippen molar-refractivity contribution in [3.63, 3.8) is 0 Å². The zero-order valence-corrected chi connectivity index (χ0v) is 18.0. The molecular formula is C20H22N4O3S2. The van der Waals surface area contributed by atoms with Gasteiger partial charge in [-0.1, -0.05) is 29.5 Å². The van der Waals surface area contributed by atoms with Gasteiger partial charge in [0.25, 0.3) is 0 Å². The van der Waals surface area contributed by atoms with Crippen LogP contribution < -0.4 is 10.0 Å². The molecule has 152 valence electrons. The molecule has 0 unspecified atom stereocenters. The highest BCUT2D eigenvalue weighted by Crippen LogP contribution is 2.31.